The summed E-state index contributed by atoms with van der Waals surface area (Å²) < 4.78 is 9.89. The van der Waals surface area contributed by atoms with Crippen LogP contribution in [-0.4, -0.2) is 56.7 Å². The van der Waals surface area contributed by atoms with E-state index in [1.54, 1.807) is 10.9 Å². The summed E-state index contributed by atoms with van der Waals surface area (Å²) in [5.41, 5.74) is 3.81. The van der Waals surface area contributed by atoms with Crippen LogP contribution in [0.25, 0.3) is 28.1 Å². The number of para-hydroxylation sites is 1. The fourth-order valence-electron chi connectivity index (χ4n) is 3.23. The van der Waals surface area contributed by atoms with Crippen LogP contribution in [0, 0.1) is 0 Å². The van der Waals surface area contributed by atoms with Crippen molar-refractivity contribution in [1.29, 1.82) is 0 Å². The van der Waals surface area contributed by atoms with E-state index in [2.05, 4.69) is 44.9 Å². The van der Waals surface area contributed by atoms with Gasteiger partial charge in [-0.15, -0.1) is 5.10 Å². The van der Waals surface area contributed by atoms with Gasteiger partial charge in [0, 0.05) is 31.7 Å². The molecule has 7 heteroatoms. The molecule has 0 aliphatic heterocycles. The molecule has 2 heterocycles. The lowest BCUT2D eigenvalue weighted by atomic mass is 10.1. The van der Waals surface area contributed by atoms with E-state index in [0.717, 1.165) is 46.8 Å². The van der Waals surface area contributed by atoms with Crippen LogP contribution in [0.4, 0.5) is 0 Å². The predicted molar refractivity (Wildman–Crippen MR) is 110 cm³/mol. The molecule has 0 aliphatic carbocycles. The maximum absolute atomic E-state index is 6.07. The van der Waals surface area contributed by atoms with Gasteiger partial charge in [-0.1, -0.05) is 17.3 Å². The summed E-state index contributed by atoms with van der Waals surface area (Å²) in [6, 6.07) is 14.1. The number of aromatic nitrogens is 5. The summed E-state index contributed by atoms with van der Waals surface area (Å²) >= 11 is 0. The molecule has 4 aromatic rings. The fraction of sp³-hybridized carbons (Fsp3) is 0.286. The number of nitrogens with zero attached hydrogens (tertiary/aromatic N) is 6. The van der Waals surface area contributed by atoms with Gasteiger partial charge in [0.05, 0.1) is 17.7 Å². The zero-order valence-electron chi connectivity index (χ0n) is 16.4. The number of imidazole rings is 1. The smallest absolute Gasteiger partial charge is 0.148 e. The molecule has 0 saturated heterocycles. The molecule has 0 N–H and O–H groups in total. The lowest BCUT2D eigenvalue weighted by Gasteiger charge is -2.14. The van der Waals surface area contributed by atoms with Gasteiger partial charge in [0.2, 0.25) is 0 Å². The van der Waals surface area contributed by atoms with Crippen molar-refractivity contribution in [1.82, 2.24) is 29.4 Å². The van der Waals surface area contributed by atoms with E-state index in [1.807, 2.05) is 49.6 Å². The quantitative estimate of drug-likeness (QED) is 0.464. The van der Waals surface area contributed by atoms with Gasteiger partial charge < -0.3 is 9.64 Å². The van der Waals surface area contributed by atoms with E-state index in [1.165, 1.54) is 0 Å². The molecular weight excluding hydrogens is 352 g/mol. The van der Waals surface area contributed by atoms with Gasteiger partial charge in [0.1, 0.15) is 17.1 Å². The van der Waals surface area contributed by atoms with Crippen molar-refractivity contribution in [3.63, 3.8) is 0 Å². The number of ether oxygens (including phenoxy) is 1. The lowest BCUT2D eigenvalue weighted by molar-refractivity contribution is 0.282. The van der Waals surface area contributed by atoms with E-state index >= 15 is 0 Å². The molecule has 144 valence electrons. The minimum absolute atomic E-state index is 0.668. The van der Waals surface area contributed by atoms with Crippen molar-refractivity contribution in [2.75, 3.05) is 27.2 Å². The van der Waals surface area contributed by atoms with Crippen LogP contribution in [0.1, 0.15) is 6.42 Å². The van der Waals surface area contributed by atoms with Gasteiger partial charge in [-0.25, -0.2) is 9.67 Å². The van der Waals surface area contributed by atoms with Crippen LogP contribution in [-0.2, 0) is 7.05 Å². The molecule has 4 rings (SSSR count). The Morgan fingerprint density at radius 3 is 2.82 bits per heavy atom. The number of aryl methyl sites for hydroxylation is 1. The van der Waals surface area contributed by atoms with Crippen molar-refractivity contribution in [3.05, 3.63) is 54.9 Å². The van der Waals surface area contributed by atoms with Crippen molar-refractivity contribution in [3.8, 4) is 22.8 Å². The molecule has 2 aromatic heterocycles. The van der Waals surface area contributed by atoms with Crippen LogP contribution in [0.15, 0.2) is 54.9 Å². The Bertz CT molecular complexity index is 1080. The predicted octanol–water partition coefficient (Wildman–Crippen LogP) is 3.15. The monoisotopic (exact) mass is 376 g/mol. The van der Waals surface area contributed by atoms with E-state index in [-0.39, 0.29) is 0 Å². The number of rotatable bonds is 7. The lowest BCUT2D eigenvalue weighted by Crippen LogP contribution is -2.15. The van der Waals surface area contributed by atoms with Crippen molar-refractivity contribution in [2.45, 2.75) is 6.42 Å². The summed E-state index contributed by atoms with van der Waals surface area (Å²) in [6.45, 7) is 1.66. The third kappa shape index (κ3) is 3.61. The van der Waals surface area contributed by atoms with E-state index in [9.17, 15) is 0 Å². The van der Waals surface area contributed by atoms with Gasteiger partial charge in [0.15, 0.2) is 0 Å². The van der Waals surface area contributed by atoms with Gasteiger partial charge >= 0.3 is 0 Å². The average Bonchev–Trinajstić information content (AvgIpc) is 3.32. The summed E-state index contributed by atoms with van der Waals surface area (Å²) in [5.74, 6) is 1.68. The molecule has 7 nitrogen and oxygen atoms in total. The SMILES string of the molecule is CN(C)CCCOc1ccccc1-c1nccn1-c1ccc2c(c1)nnn2C. The van der Waals surface area contributed by atoms with Crippen LogP contribution in [0.2, 0.25) is 0 Å². The Balaban J connectivity index is 1.65. The van der Waals surface area contributed by atoms with E-state index in [4.69, 9.17) is 4.74 Å². The second-order valence-electron chi connectivity index (χ2n) is 7.01. The average molecular weight is 376 g/mol. The molecule has 0 aliphatic rings. The zero-order valence-corrected chi connectivity index (χ0v) is 16.4. The standard InChI is InChI=1S/C21H24N6O/c1-25(2)12-6-14-28-20-8-5-4-7-17(20)21-22-11-13-27(21)16-9-10-19-18(15-16)23-24-26(19)3/h4-5,7-11,13,15H,6,12,14H2,1-3H3. The fourth-order valence-corrected chi connectivity index (χ4v) is 3.23. The maximum Gasteiger partial charge on any atom is 0.148 e. The van der Waals surface area contributed by atoms with Gasteiger partial charge in [-0.3, -0.25) is 4.57 Å². The first-order valence-electron chi connectivity index (χ1n) is 9.33. The molecule has 28 heavy (non-hydrogen) atoms. The Morgan fingerprint density at radius 1 is 1.11 bits per heavy atom. The molecule has 0 saturated carbocycles. The first kappa shape index (κ1) is 18.2. The molecule has 0 bridgehead atoms. The van der Waals surface area contributed by atoms with Crippen LogP contribution >= 0.6 is 0 Å². The molecule has 0 atom stereocenters. The minimum atomic E-state index is 0.668. The zero-order chi connectivity index (χ0) is 19.5. The summed E-state index contributed by atoms with van der Waals surface area (Å²) in [4.78, 5) is 6.76. The van der Waals surface area contributed by atoms with Crippen molar-refractivity contribution in [2.24, 2.45) is 7.05 Å². The topological polar surface area (TPSA) is 61.0 Å². The number of hydrogen-bond acceptors (Lipinski definition) is 5. The van der Waals surface area contributed by atoms with Gasteiger partial charge in [0.25, 0.3) is 0 Å². The second kappa shape index (κ2) is 7.82. The summed E-state index contributed by atoms with van der Waals surface area (Å²) in [7, 11) is 6.03. The number of fused-ring (bicyclic) bond motifs is 1. The highest BCUT2D eigenvalue weighted by atomic mass is 16.5. The highest BCUT2D eigenvalue weighted by Crippen LogP contribution is 2.31. The molecule has 0 radical (unpaired) electrons. The minimum Gasteiger partial charge on any atom is -0.493 e. The molecular formula is C21H24N6O. The number of benzene rings is 2. The van der Waals surface area contributed by atoms with Gasteiger partial charge in [-0.2, -0.15) is 0 Å². The van der Waals surface area contributed by atoms with Crippen molar-refractivity contribution < 1.29 is 4.74 Å². The van der Waals surface area contributed by atoms with Gasteiger partial charge in [-0.05, 0) is 50.8 Å². The largest absolute Gasteiger partial charge is 0.493 e. The Kier molecular flexibility index (Phi) is 5.08. The first-order chi connectivity index (χ1) is 13.6. The van der Waals surface area contributed by atoms with Crippen molar-refractivity contribution >= 4 is 11.0 Å². The Morgan fingerprint density at radius 2 is 1.96 bits per heavy atom. The van der Waals surface area contributed by atoms with E-state index in [0.29, 0.717) is 6.61 Å². The summed E-state index contributed by atoms with van der Waals surface area (Å²) in [5, 5.41) is 8.31. The van der Waals surface area contributed by atoms with E-state index < -0.39 is 0 Å². The third-order valence-electron chi connectivity index (χ3n) is 4.65. The molecule has 0 spiro atoms. The number of hydrogen-bond donors (Lipinski definition) is 0. The molecule has 0 fully saturated rings. The van der Waals surface area contributed by atoms with Crippen LogP contribution < -0.4 is 4.74 Å². The first-order valence-corrected chi connectivity index (χ1v) is 9.33. The maximum atomic E-state index is 6.07. The molecule has 2 aromatic carbocycles. The second-order valence-corrected chi connectivity index (χ2v) is 7.01. The van der Waals surface area contributed by atoms with Crippen LogP contribution in [0.5, 0.6) is 5.75 Å². The highest BCUT2D eigenvalue weighted by molar-refractivity contribution is 5.77. The molecule has 0 amide bonds. The van der Waals surface area contributed by atoms with Crippen LogP contribution in [0.3, 0.4) is 0 Å². The third-order valence-corrected chi connectivity index (χ3v) is 4.65. The Labute approximate surface area is 164 Å². The Hall–Kier alpha value is -3.19. The highest BCUT2D eigenvalue weighted by Gasteiger charge is 2.14. The molecule has 0 unspecified atom stereocenters. The normalized spacial score (nSPS) is 11.4. The summed E-state index contributed by atoms with van der Waals surface area (Å²) in [6.07, 6.45) is 4.73.